The summed E-state index contributed by atoms with van der Waals surface area (Å²) in [5.41, 5.74) is 8.32. The van der Waals surface area contributed by atoms with Gasteiger partial charge in [-0.1, -0.05) is 6.07 Å². The molecular formula is C12H10FN3. The van der Waals surface area contributed by atoms with Gasteiger partial charge in [-0.3, -0.25) is 0 Å². The Kier molecular flexibility index (Phi) is 1.83. The van der Waals surface area contributed by atoms with Crippen LogP contribution in [0.5, 0.6) is 0 Å². The minimum absolute atomic E-state index is 0.290. The Bertz CT molecular complexity index is 584. The maximum atomic E-state index is 13.1. The Morgan fingerprint density at radius 3 is 3.06 bits per heavy atom. The van der Waals surface area contributed by atoms with Crippen molar-refractivity contribution in [3.8, 4) is 0 Å². The van der Waals surface area contributed by atoms with Crippen LogP contribution in [-0.2, 0) is 6.54 Å². The first-order valence-corrected chi connectivity index (χ1v) is 5.02. The van der Waals surface area contributed by atoms with E-state index in [0.717, 1.165) is 11.3 Å². The molecule has 80 valence electrons. The van der Waals surface area contributed by atoms with Crippen molar-refractivity contribution in [2.24, 2.45) is 10.7 Å². The van der Waals surface area contributed by atoms with Crippen molar-refractivity contribution < 1.29 is 4.39 Å². The van der Waals surface area contributed by atoms with Crippen molar-refractivity contribution in [3.05, 3.63) is 53.6 Å². The fourth-order valence-electron chi connectivity index (χ4n) is 1.93. The number of hydrogen-bond donors (Lipinski definition) is 1. The number of hydrogen-bond acceptors (Lipinski definition) is 2. The van der Waals surface area contributed by atoms with E-state index in [1.165, 1.54) is 12.1 Å². The number of nitrogens with zero attached hydrogens (tertiary/aromatic N) is 2. The molecule has 1 aromatic heterocycles. The number of aromatic nitrogens is 1. The van der Waals surface area contributed by atoms with Crippen molar-refractivity contribution in [3.63, 3.8) is 0 Å². The van der Waals surface area contributed by atoms with Gasteiger partial charge in [-0.2, -0.15) is 0 Å². The van der Waals surface area contributed by atoms with E-state index in [1.54, 1.807) is 6.07 Å². The summed E-state index contributed by atoms with van der Waals surface area (Å²) in [5.74, 6) is 0.135. The fourth-order valence-corrected chi connectivity index (χ4v) is 1.93. The van der Waals surface area contributed by atoms with Gasteiger partial charge in [-0.05, 0) is 29.8 Å². The molecule has 0 unspecified atom stereocenters. The zero-order chi connectivity index (χ0) is 11.1. The summed E-state index contributed by atoms with van der Waals surface area (Å²) in [4.78, 5) is 4.25. The lowest BCUT2D eigenvalue weighted by Crippen LogP contribution is -2.16. The van der Waals surface area contributed by atoms with Crippen LogP contribution >= 0.6 is 0 Å². The molecule has 3 nitrogen and oxygen atoms in total. The highest BCUT2D eigenvalue weighted by atomic mass is 19.1. The predicted molar refractivity (Wildman–Crippen MR) is 60.3 cm³/mol. The van der Waals surface area contributed by atoms with Crippen LogP contribution in [0.1, 0.15) is 11.3 Å². The van der Waals surface area contributed by atoms with Gasteiger partial charge in [0.05, 0.1) is 11.4 Å². The smallest absolute Gasteiger partial charge is 0.148 e. The van der Waals surface area contributed by atoms with Gasteiger partial charge in [-0.15, -0.1) is 0 Å². The average molecular weight is 215 g/mol. The summed E-state index contributed by atoms with van der Waals surface area (Å²) in [6.07, 6.45) is 1.94. The molecule has 0 fully saturated rings. The number of halogens is 1. The van der Waals surface area contributed by atoms with E-state index >= 15 is 0 Å². The minimum Gasteiger partial charge on any atom is -0.382 e. The third-order valence-electron chi connectivity index (χ3n) is 2.72. The highest BCUT2D eigenvalue weighted by molar-refractivity contribution is 5.98. The van der Waals surface area contributed by atoms with E-state index in [-0.39, 0.29) is 5.82 Å². The number of nitrogens with two attached hydrogens (primary N) is 1. The van der Waals surface area contributed by atoms with Gasteiger partial charge in [0.15, 0.2) is 0 Å². The molecule has 0 aliphatic carbocycles. The van der Waals surface area contributed by atoms with Crippen LogP contribution in [0.25, 0.3) is 0 Å². The predicted octanol–water partition coefficient (Wildman–Crippen LogP) is 2.03. The highest BCUT2D eigenvalue weighted by Crippen LogP contribution is 2.25. The molecular weight excluding hydrogens is 205 g/mol. The van der Waals surface area contributed by atoms with E-state index in [0.29, 0.717) is 18.1 Å². The van der Waals surface area contributed by atoms with Crippen molar-refractivity contribution in [1.82, 2.24) is 4.57 Å². The van der Waals surface area contributed by atoms with E-state index in [1.807, 2.05) is 22.9 Å². The Hall–Kier alpha value is -2.10. The Morgan fingerprint density at radius 1 is 1.31 bits per heavy atom. The van der Waals surface area contributed by atoms with Crippen molar-refractivity contribution in [1.29, 1.82) is 0 Å². The van der Waals surface area contributed by atoms with Gasteiger partial charge in [0.25, 0.3) is 0 Å². The monoisotopic (exact) mass is 215 g/mol. The Labute approximate surface area is 92.0 Å². The molecule has 4 heteroatoms. The third kappa shape index (κ3) is 1.31. The van der Waals surface area contributed by atoms with Crippen LogP contribution in [0, 0.1) is 5.82 Å². The second-order valence-electron chi connectivity index (χ2n) is 3.79. The van der Waals surface area contributed by atoms with Crippen molar-refractivity contribution in [2.75, 3.05) is 0 Å². The lowest BCUT2D eigenvalue weighted by molar-refractivity contribution is 0.627. The van der Waals surface area contributed by atoms with Gasteiger partial charge in [0, 0.05) is 12.7 Å². The third-order valence-corrected chi connectivity index (χ3v) is 2.72. The maximum Gasteiger partial charge on any atom is 0.148 e. The number of benzene rings is 1. The summed E-state index contributed by atoms with van der Waals surface area (Å²) in [6, 6.07) is 8.43. The first kappa shape index (κ1) is 9.15. The number of fused-ring (bicyclic) bond motifs is 2. The van der Waals surface area contributed by atoms with Crippen LogP contribution in [-0.4, -0.2) is 10.4 Å². The molecule has 2 aromatic rings. The molecule has 1 aliphatic heterocycles. The van der Waals surface area contributed by atoms with Gasteiger partial charge in [0.2, 0.25) is 0 Å². The SMILES string of the molecule is NC1=Nc2cc(F)ccc2Cn2cccc21. The van der Waals surface area contributed by atoms with Crippen LogP contribution in [0.2, 0.25) is 0 Å². The summed E-state index contributed by atoms with van der Waals surface area (Å²) >= 11 is 0. The van der Waals surface area contributed by atoms with Crippen LogP contribution < -0.4 is 5.73 Å². The molecule has 0 bridgehead atoms. The molecule has 16 heavy (non-hydrogen) atoms. The van der Waals surface area contributed by atoms with Crippen LogP contribution in [0.4, 0.5) is 10.1 Å². The highest BCUT2D eigenvalue weighted by Gasteiger charge is 2.13. The molecule has 1 aromatic carbocycles. The van der Waals surface area contributed by atoms with E-state index in [9.17, 15) is 4.39 Å². The van der Waals surface area contributed by atoms with Crippen molar-refractivity contribution in [2.45, 2.75) is 6.54 Å². The number of amidine groups is 1. The topological polar surface area (TPSA) is 43.3 Å². The summed E-state index contributed by atoms with van der Waals surface area (Å²) in [5, 5.41) is 0. The molecule has 2 N–H and O–H groups in total. The zero-order valence-electron chi connectivity index (χ0n) is 8.52. The second-order valence-corrected chi connectivity index (χ2v) is 3.79. The zero-order valence-corrected chi connectivity index (χ0v) is 8.52. The first-order valence-electron chi connectivity index (χ1n) is 5.02. The normalized spacial score (nSPS) is 13.7. The Balaban J connectivity index is 2.23. The van der Waals surface area contributed by atoms with Crippen LogP contribution in [0.3, 0.4) is 0 Å². The molecule has 1 aliphatic rings. The quantitative estimate of drug-likeness (QED) is 0.717. The molecule has 0 amide bonds. The molecule has 2 heterocycles. The van der Waals surface area contributed by atoms with Gasteiger partial charge >= 0.3 is 0 Å². The van der Waals surface area contributed by atoms with E-state index in [4.69, 9.17) is 5.73 Å². The lowest BCUT2D eigenvalue weighted by atomic mass is 10.2. The van der Waals surface area contributed by atoms with Gasteiger partial charge in [-0.25, -0.2) is 9.38 Å². The lowest BCUT2D eigenvalue weighted by Gasteiger charge is -2.05. The first-order chi connectivity index (χ1) is 7.74. The Morgan fingerprint density at radius 2 is 2.19 bits per heavy atom. The molecule has 0 spiro atoms. The number of aliphatic imine (C=N–C) groups is 1. The summed E-state index contributed by atoms with van der Waals surface area (Å²) < 4.78 is 15.1. The van der Waals surface area contributed by atoms with Gasteiger partial charge < -0.3 is 10.3 Å². The van der Waals surface area contributed by atoms with Gasteiger partial charge in [0.1, 0.15) is 11.7 Å². The van der Waals surface area contributed by atoms with E-state index in [2.05, 4.69) is 4.99 Å². The fraction of sp³-hybridized carbons (Fsp3) is 0.0833. The van der Waals surface area contributed by atoms with Crippen LogP contribution in [0.15, 0.2) is 41.5 Å². The molecule has 0 radical (unpaired) electrons. The summed E-state index contributed by atoms with van der Waals surface area (Å²) in [6.45, 7) is 0.669. The number of rotatable bonds is 0. The van der Waals surface area contributed by atoms with Crippen molar-refractivity contribution >= 4 is 11.5 Å². The average Bonchev–Trinajstić information content (AvgIpc) is 2.65. The largest absolute Gasteiger partial charge is 0.382 e. The second kappa shape index (κ2) is 3.20. The molecule has 3 rings (SSSR count). The molecule has 0 saturated heterocycles. The maximum absolute atomic E-state index is 13.1. The summed E-state index contributed by atoms with van der Waals surface area (Å²) in [7, 11) is 0. The minimum atomic E-state index is -0.290. The molecule has 0 atom stereocenters. The van der Waals surface area contributed by atoms with E-state index < -0.39 is 0 Å². The standard InChI is InChI=1S/C12H10FN3/c13-9-4-3-8-7-16-5-1-2-11(16)12(14)15-10(8)6-9/h1-6H,7H2,(H2,14,15). The molecule has 0 saturated carbocycles.